The molecule has 2 atom stereocenters. The number of carbonyl (C=O) groups excluding carboxylic acids is 1. The predicted octanol–water partition coefficient (Wildman–Crippen LogP) is 2.47. The fraction of sp³-hybridized carbons (Fsp3) is 0.667. The number of thiazole rings is 1. The van der Waals surface area contributed by atoms with Crippen LogP contribution in [0.1, 0.15) is 43.3 Å². The van der Waals surface area contributed by atoms with Crippen LogP contribution >= 0.6 is 11.3 Å². The maximum Gasteiger partial charge on any atom is 0.220 e. The number of aryl methyl sites for hydroxylation is 1. The zero-order chi connectivity index (χ0) is 11.7. The normalized spacial score (nSPS) is 25.1. The third-order valence-electron chi connectivity index (χ3n) is 2.98. The van der Waals surface area contributed by atoms with Gasteiger partial charge in [0.2, 0.25) is 5.91 Å². The van der Waals surface area contributed by atoms with Crippen molar-refractivity contribution in [1.29, 1.82) is 0 Å². The second-order valence-corrected chi connectivity index (χ2v) is 5.97. The van der Waals surface area contributed by atoms with Gasteiger partial charge < -0.3 is 5.32 Å². The summed E-state index contributed by atoms with van der Waals surface area (Å²) in [5.41, 5.74) is 1.09. The summed E-state index contributed by atoms with van der Waals surface area (Å²) in [6.07, 6.45) is 1.63. The first kappa shape index (κ1) is 11.6. The summed E-state index contributed by atoms with van der Waals surface area (Å²) in [7, 11) is 0. The molecule has 0 saturated carbocycles. The first-order chi connectivity index (χ1) is 7.56. The minimum atomic E-state index is 0.168. The van der Waals surface area contributed by atoms with Gasteiger partial charge in [0.15, 0.2) is 0 Å². The van der Waals surface area contributed by atoms with Gasteiger partial charge in [0.25, 0.3) is 0 Å². The Labute approximate surface area is 100 Å². The molecule has 1 saturated heterocycles. The Morgan fingerprint density at radius 3 is 2.94 bits per heavy atom. The van der Waals surface area contributed by atoms with Crippen LogP contribution in [0.25, 0.3) is 0 Å². The van der Waals surface area contributed by atoms with Gasteiger partial charge in [-0.15, -0.1) is 11.3 Å². The predicted molar refractivity (Wildman–Crippen MR) is 65.6 cm³/mol. The number of rotatable bonds is 3. The minimum Gasteiger partial charge on any atom is -0.353 e. The summed E-state index contributed by atoms with van der Waals surface area (Å²) in [5, 5.41) is 6.24. The van der Waals surface area contributed by atoms with Crippen LogP contribution in [0.4, 0.5) is 0 Å². The zero-order valence-electron chi connectivity index (χ0n) is 9.99. The molecule has 3 nitrogen and oxygen atoms in total. The Morgan fingerprint density at radius 2 is 2.38 bits per heavy atom. The van der Waals surface area contributed by atoms with Crippen LogP contribution in [0.15, 0.2) is 5.38 Å². The zero-order valence-corrected chi connectivity index (χ0v) is 10.8. The molecule has 0 bridgehead atoms. The van der Waals surface area contributed by atoms with Gasteiger partial charge in [0.1, 0.15) is 0 Å². The highest BCUT2D eigenvalue weighted by Crippen LogP contribution is 2.32. The summed E-state index contributed by atoms with van der Waals surface area (Å²) < 4.78 is 0. The average Bonchev–Trinajstić information content (AvgIpc) is 2.72. The average molecular weight is 238 g/mol. The van der Waals surface area contributed by atoms with E-state index in [-0.39, 0.29) is 17.9 Å². The van der Waals surface area contributed by atoms with Crippen LogP contribution in [0, 0.1) is 12.8 Å². The minimum absolute atomic E-state index is 0.168. The van der Waals surface area contributed by atoms with Crippen molar-refractivity contribution in [2.75, 3.05) is 0 Å². The summed E-state index contributed by atoms with van der Waals surface area (Å²) in [6.45, 7) is 6.39. The summed E-state index contributed by atoms with van der Waals surface area (Å²) in [4.78, 5) is 16.0. The van der Waals surface area contributed by atoms with Gasteiger partial charge in [-0.1, -0.05) is 13.8 Å². The molecular formula is C12H18N2OS. The van der Waals surface area contributed by atoms with E-state index in [9.17, 15) is 4.79 Å². The Balaban J connectivity index is 2.15. The van der Waals surface area contributed by atoms with Crippen molar-refractivity contribution in [3.8, 4) is 0 Å². The largest absolute Gasteiger partial charge is 0.353 e. The van der Waals surface area contributed by atoms with E-state index in [1.165, 1.54) is 0 Å². The Hall–Kier alpha value is -0.900. The van der Waals surface area contributed by atoms with E-state index in [0.717, 1.165) is 17.1 Å². The van der Waals surface area contributed by atoms with Gasteiger partial charge >= 0.3 is 0 Å². The van der Waals surface area contributed by atoms with Gasteiger partial charge in [-0.25, -0.2) is 4.98 Å². The third-order valence-corrected chi connectivity index (χ3v) is 3.77. The first-order valence-electron chi connectivity index (χ1n) is 5.77. The van der Waals surface area contributed by atoms with Crippen molar-refractivity contribution >= 4 is 17.2 Å². The molecule has 1 aliphatic rings. The number of nitrogens with zero attached hydrogens (tertiary/aromatic N) is 1. The van der Waals surface area contributed by atoms with Crippen LogP contribution in [0.2, 0.25) is 0 Å². The van der Waals surface area contributed by atoms with E-state index < -0.39 is 0 Å². The highest BCUT2D eigenvalue weighted by Gasteiger charge is 2.34. The molecule has 2 unspecified atom stereocenters. The molecule has 1 amide bonds. The molecule has 2 heterocycles. The van der Waals surface area contributed by atoms with E-state index in [0.29, 0.717) is 12.3 Å². The molecule has 4 heteroatoms. The van der Waals surface area contributed by atoms with Crippen molar-refractivity contribution in [3.05, 3.63) is 16.1 Å². The maximum atomic E-state index is 11.5. The van der Waals surface area contributed by atoms with E-state index in [4.69, 9.17) is 0 Å². The molecular weight excluding hydrogens is 220 g/mol. The fourth-order valence-electron chi connectivity index (χ4n) is 2.30. The lowest BCUT2D eigenvalue weighted by Gasteiger charge is -2.19. The van der Waals surface area contributed by atoms with Gasteiger partial charge in [-0.2, -0.15) is 0 Å². The lowest BCUT2D eigenvalue weighted by atomic mass is 9.91. The number of aromatic nitrogens is 1. The molecule has 1 N–H and O–H groups in total. The van der Waals surface area contributed by atoms with Gasteiger partial charge in [0.05, 0.1) is 10.7 Å². The lowest BCUT2D eigenvalue weighted by Crippen LogP contribution is -2.29. The van der Waals surface area contributed by atoms with Gasteiger partial charge in [-0.3, -0.25) is 4.79 Å². The van der Waals surface area contributed by atoms with Crippen molar-refractivity contribution in [3.63, 3.8) is 0 Å². The maximum absolute atomic E-state index is 11.5. The summed E-state index contributed by atoms with van der Waals surface area (Å²) in [6, 6.07) is 0.272. The first-order valence-corrected chi connectivity index (χ1v) is 6.65. The Morgan fingerprint density at radius 1 is 1.62 bits per heavy atom. The number of hydrogen-bond acceptors (Lipinski definition) is 3. The molecule has 1 aromatic rings. The van der Waals surface area contributed by atoms with Gasteiger partial charge in [0, 0.05) is 23.8 Å². The topological polar surface area (TPSA) is 42.0 Å². The highest BCUT2D eigenvalue weighted by atomic mass is 32.1. The van der Waals surface area contributed by atoms with Gasteiger partial charge in [-0.05, 0) is 19.3 Å². The van der Waals surface area contributed by atoms with Crippen molar-refractivity contribution in [1.82, 2.24) is 10.3 Å². The molecule has 1 aromatic heterocycles. The van der Waals surface area contributed by atoms with E-state index in [1.54, 1.807) is 11.3 Å². The summed E-state index contributed by atoms with van der Waals surface area (Å²) in [5.74, 6) is 1.05. The Bertz CT molecular complexity index is 386. The number of carbonyl (C=O) groups is 1. The van der Waals surface area contributed by atoms with Crippen molar-refractivity contribution in [2.24, 2.45) is 5.92 Å². The van der Waals surface area contributed by atoms with Crippen LogP contribution in [0.5, 0.6) is 0 Å². The molecule has 0 aliphatic carbocycles. The second-order valence-electron chi connectivity index (χ2n) is 4.91. The van der Waals surface area contributed by atoms with Crippen LogP contribution in [-0.4, -0.2) is 16.9 Å². The molecule has 2 rings (SSSR count). The van der Waals surface area contributed by atoms with E-state index in [2.05, 4.69) is 29.5 Å². The van der Waals surface area contributed by atoms with Crippen molar-refractivity contribution in [2.45, 2.75) is 45.6 Å². The van der Waals surface area contributed by atoms with E-state index in [1.807, 2.05) is 6.92 Å². The number of nitrogens with one attached hydrogen (secondary N) is 1. The SMILES string of the molecule is Cc1nc(C2CC(=O)NC2CC(C)C)cs1. The van der Waals surface area contributed by atoms with Crippen molar-refractivity contribution < 1.29 is 4.79 Å². The molecule has 0 aromatic carbocycles. The third kappa shape index (κ3) is 2.43. The van der Waals surface area contributed by atoms with Crippen LogP contribution in [-0.2, 0) is 4.79 Å². The standard InChI is InChI=1S/C12H18N2OS/c1-7(2)4-10-9(5-12(15)14-10)11-6-16-8(3)13-11/h6-7,9-10H,4-5H2,1-3H3,(H,14,15). The second kappa shape index (κ2) is 4.53. The van der Waals surface area contributed by atoms with E-state index >= 15 is 0 Å². The molecule has 0 radical (unpaired) electrons. The monoisotopic (exact) mass is 238 g/mol. The smallest absolute Gasteiger partial charge is 0.220 e. The molecule has 1 fully saturated rings. The number of hydrogen-bond donors (Lipinski definition) is 1. The quantitative estimate of drug-likeness (QED) is 0.879. The van der Waals surface area contributed by atoms with Crippen LogP contribution < -0.4 is 5.32 Å². The molecule has 0 spiro atoms. The molecule has 88 valence electrons. The molecule has 1 aliphatic heterocycles. The molecule has 16 heavy (non-hydrogen) atoms. The fourth-order valence-corrected chi connectivity index (χ4v) is 2.98. The highest BCUT2D eigenvalue weighted by molar-refractivity contribution is 7.09. The lowest BCUT2D eigenvalue weighted by molar-refractivity contribution is -0.119. The van der Waals surface area contributed by atoms with Crippen LogP contribution in [0.3, 0.4) is 0 Å². The Kier molecular flexibility index (Phi) is 3.28. The number of amides is 1. The summed E-state index contributed by atoms with van der Waals surface area (Å²) >= 11 is 1.66.